The third kappa shape index (κ3) is 5.11. The number of benzene rings is 2. The summed E-state index contributed by atoms with van der Waals surface area (Å²) in [4.78, 5) is 39.0. The summed E-state index contributed by atoms with van der Waals surface area (Å²) in [6.07, 6.45) is 0. The molecule has 8 heteroatoms. The van der Waals surface area contributed by atoms with E-state index in [1.54, 1.807) is 18.2 Å². The highest BCUT2D eigenvalue weighted by molar-refractivity contribution is 6.31. The van der Waals surface area contributed by atoms with Crippen LogP contribution in [0.2, 0.25) is 5.02 Å². The van der Waals surface area contributed by atoms with Gasteiger partial charge in [-0.1, -0.05) is 61.3 Å². The van der Waals surface area contributed by atoms with Crippen molar-refractivity contribution in [2.24, 2.45) is 5.92 Å². The zero-order chi connectivity index (χ0) is 22.7. The molecule has 1 aromatic heterocycles. The molecule has 0 saturated heterocycles. The highest BCUT2D eigenvalue weighted by Crippen LogP contribution is 2.18. The predicted octanol–water partition coefficient (Wildman–Crippen LogP) is 3.10. The normalized spacial score (nSPS) is 11.0. The monoisotopic (exact) mass is 440 g/mol. The maximum atomic E-state index is 13.2. The van der Waals surface area contributed by atoms with Crippen molar-refractivity contribution in [1.82, 2.24) is 19.7 Å². The third-order valence-electron chi connectivity index (χ3n) is 4.77. The van der Waals surface area contributed by atoms with Crippen LogP contribution in [0, 0.1) is 19.8 Å². The van der Waals surface area contributed by atoms with Crippen LogP contribution in [-0.4, -0.2) is 26.8 Å². The Morgan fingerprint density at radius 3 is 2.52 bits per heavy atom. The smallest absolute Gasteiger partial charge is 0.350 e. The van der Waals surface area contributed by atoms with E-state index < -0.39 is 17.2 Å². The molecule has 0 radical (unpaired) electrons. The van der Waals surface area contributed by atoms with Gasteiger partial charge in [-0.15, -0.1) is 0 Å². The topological polar surface area (TPSA) is 86.0 Å². The Hall–Kier alpha value is -3.19. The zero-order valence-electron chi connectivity index (χ0n) is 18.0. The summed E-state index contributed by atoms with van der Waals surface area (Å²) >= 11 is 6.23. The van der Waals surface area contributed by atoms with Crippen LogP contribution in [0.1, 0.15) is 41.0 Å². The van der Waals surface area contributed by atoms with Crippen molar-refractivity contribution in [3.63, 3.8) is 0 Å². The Balaban J connectivity index is 2.19. The molecule has 31 heavy (non-hydrogen) atoms. The van der Waals surface area contributed by atoms with Crippen molar-refractivity contribution in [3.8, 4) is 5.69 Å². The molecule has 2 aromatic carbocycles. The molecule has 0 atom stereocenters. The molecular weight excluding hydrogens is 416 g/mol. The minimum Gasteiger partial charge on any atom is -0.350 e. The van der Waals surface area contributed by atoms with Gasteiger partial charge in [0.25, 0.3) is 11.5 Å². The van der Waals surface area contributed by atoms with Crippen LogP contribution in [-0.2, 0) is 6.54 Å². The van der Waals surface area contributed by atoms with Gasteiger partial charge >= 0.3 is 5.69 Å². The number of nitrogens with zero attached hydrogens (tertiary/aromatic N) is 3. The minimum absolute atomic E-state index is 0.0198. The van der Waals surface area contributed by atoms with E-state index >= 15 is 0 Å². The molecule has 1 amide bonds. The lowest BCUT2D eigenvalue weighted by Crippen LogP contribution is -2.46. The van der Waals surface area contributed by atoms with Crippen molar-refractivity contribution >= 4 is 17.5 Å². The maximum Gasteiger partial charge on any atom is 0.352 e. The SMILES string of the molecule is Cc1cccc(Cn2c(=O)c(C(=O)NCC(C)C)nn(-c3ccc(C)c(Cl)c3)c2=O)c1. The van der Waals surface area contributed by atoms with Gasteiger partial charge in [-0.05, 0) is 43.0 Å². The summed E-state index contributed by atoms with van der Waals surface area (Å²) in [7, 11) is 0. The van der Waals surface area contributed by atoms with E-state index in [0.717, 1.165) is 25.9 Å². The standard InChI is InChI=1S/C23H25ClN4O3/c1-14(2)12-25-21(29)20-22(30)27(13-17-7-5-6-15(3)10-17)23(31)28(26-20)18-9-8-16(4)19(24)11-18/h5-11,14H,12-13H2,1-4H3,(H,25,29). The lowest BCUT2D eigenvalue weighted by molar-refractivity contribution is 0.0939. The number of amides is 1. The van der Waals surface area contributed by atoms with Crippen LogP contribution >= 0.6 is 11.6 Å². The van der Waals surface area contributed by atoms with Gasteiger partial charge in [0.1, 0.15) is 0 Å². The van der Waals surface area contributed by atoms with E-state index in [1.807, 2.05) is 52.0 Å². The molecule has 3 rings (SSSR count). The first kappa shape index (κ1) is 22.5. The molecule has 0 unspecified atom stereocenters. The van der Waals surface area contributed by atoms with Crippen LogP contribution in [0.4, 0.5) is 0 Å². The van der Waals surface area contributed by atoms with Gasteiger partial charge in [-0.3, -0.25) is 14.2 Å². The fourth-order valence-electron chi connectivity index (χ4n) is 3.05. The molecular formula is C23H25ClN4O3. The summed E-state index contributed by atoms with van der Waals surface area (Å²) in [6.45, 7) is 8.05. The number of halogens is 1. The lowest BCUT2D eigenvalue weighted by Gasteiger charge is -2.13. The average molecular weight is 441 g/mol. The van der Waals surface area contributed by atoms with E-state index in [-0.39, 0.29) is 18.2 Å². The Morgan fingerprint density at radius 2 is 1.87 bits per heavy atom. The summed E-state index contributed by atoms with van der Waals surface area (Å²) < 4.78 is 2.08. The molecule has 0 bridgehead atoms. The molecule has 0 saturated carbocycles. The van der Waals surface area contributed by atoms with Gasteiger partial charge in [0, 0.05) is 11.6 Å². The van der Waals surface area contributed by atoms with Crippen LogP contribution in [0.15, 0.2) is 52.1 Å². The minimum atomic E-state index is -0.734. The van der Waals surface area contributed by atoms with Gasteiger partial charge < -0.3 is 5.32 Å². The number of carbonyl (C=O) groups is 1. The Labute approximate surface area is 185 Å². The highest BCUT2D eigenvalue weighted by Gasteiger charge is 2.21. The molecule has 0 aliphatic heterocycles. The molecule has 1 N–H and O–H groups in total. The van der Waals surface area contributed by atoms with Crippen molar-refractivity contribution < 1.29 is 4.79 Å². The second-order valence-electron chi connectivity index (χ2n) is 7.96. The van der Waals surface area contributed by atoms with Gasteiger partial charge in [0.15, 0.2) is 0 Å². The zero-order valence-corrected chi connectivity index (χ0v) is 18.7. The quantitative estimate of drug-likeness (QED) is 0.638. The third-order valence-corrected chi connectivity index (χ3v) is 5.18. The van der Waals surface area contributed by atoms with Crippen molar-refractivity contribution in [2.75, 3.05) is 6.54 Å². The Morgan fingerprint density at radius 1 is 1.13 bits per heavy atom. The van der Waals surface area contributed by atoms with E-state index in [9.17, 15) is 14.4 Å². The number of rotatable bonds is 6. The Bertz CT molecular complexity index is 1240. The Kier molecular flexibility index (Phi) is 6.75. The molecule has 3 aromatic rings. The van der Waals surface area contributed by atoms with Gasteiger partial charge in [0.2, 0.25) is 5.69 Å². The van der Waals surface area contributed by atoms with Gasteiger partial charge in [-0.2, -0.15) is 9.78 Å². The molecule has 1 heterocycles. The van der Waals surface area contributed by atoms with Gasteiger partial charge in [-0.25, -0.2) is 4.79 Å². The van der Waals surface area contributed by atoms with Crippen molar-refractivity contribution in [2.45, 2.75) is 34.2 Å². The van der Waals surface area contributed by atoms with Crippen molar-refractivity contribution in [3.05, 3.63) is 90.7 Å². The number of hydrogen-bond donors (Lipinski definition) is 1. The first-order valence-corrected chi connectivity index (χ1v) is 10.4. The lowest BCUT2D eigenvalue weighted by atomic mass is 10.1. The van der Waals surface area contributed by atoms with Crippen LogP contribution < -0.4 is 16.6 Å². The average Bonchev–Trinajstić information content (AvgIpc) is 2.71. The number of nitrogens with one attached hydrogen (secondary N) is 1. The molecule has 162 valence electrons. The molecule has 0 aliphatic carbocycles. The highest BCUT2D eigenvalue weighted by atomic mass is 35.5. The second-order valence-corrected chi connectivity index (χ2v) is 8.37. The molecule has 0 spiro atoms. The maximum absolute atomic E-state index is 13.2. The van der Waals surface area contributed by atoms with Crippen LogP contribution in [0.25, 0.3) is 5.69 Å². The number of hydrogen-bond acceptors (Lipinski definition) is 4. The van der Waals surface area contributed by atoms with E-state index in [0.29, 0.717) is 17.3 Å². The van der Waals surface area contributed by atoms with Crippen LogP contribution in [0.5, 0.6) is 0 Å². The summed E-state index contributed by atoms with van der Waals surface area (Å²) in [5.74, 6) is -0.427. The first-order valence-electron chi connectivity index (χ1n) is 10.0. The fraction of sp³-hybridized carbons (Fsp3) is 0.304. The van der Waals surface area contributed by atoms with E-state index in [2.05, 4.69) is 10.4 Å². The number of carbonyl (C=O) groups excluding carboxylic acids is 1. The summed E-state index contributed by atoms with van der Waals surface area (Å²) in [5.41, 5.74) is 1.25. The molecule has 0 fully saturated rings. The van der Waals surface area contributed by atoms with Crippen molar-refractivity contribution in [1.29, 1.82) is 0 Å². The van der Waals surface area contributed by atoms with E-state index in [4.69, 9.17) is 11.6 Å². The first-order chi connectivity index (χ1) is 14.7. The number of aryl methyl sites for hydroxylation is 2. The number of aromatic nitrogens is 3. The molecule has 7 nitrogen and oxygen atoms in total. The molecule has 0 aliphatic rings. The van der Waals surface area contributed by atoms with Crippen LogP contribution in [0.3, 0.4) is 0 Å². The predicted molar refractivity (Wildman–Crippen MR) is 121 cm³/mol. The summed E-state index contributed by atoms with van der Waals surface area (Å²) in [6, 6.07) is 12.5. The fourth-order valence-corrected chi connectivity index (χ4v) is 3.23. The second kappa shape index (κ2) is 9.31. The largest absolute Gasteiger partial charge is 0.352 e. The summed E-state index contributed by atoms with van der Waals surface area (Å²) in [5, 5.41) is 7.26. The van der Waals surface area contributed by atoms with Gasteiger partial charge in [0.05, 0.1) is 12.2 Å². The van der Waals surface area contributed by atoms with E-state index in [1.165, 1.54) is 0 Å².